The molecule has 2 aromatic rings. The van der Waals surface area contributed by atoms with Crippen molar-refractivity contribution in [2.75, 3.05) is 11.9 Å². The zero-order chi connectivity index (χ0) is 18.0. The normalized spacial score (nSPS) is 14.4. The average Bonchev–Trinajstić information content (AvgIpc) is 2.83. The first-order valence-corrected chi connectivity index (χ1v) is 8.53. The number of anilines is 1. The van der Waals surface area contributed by atoms with E-state index in [2.05, 4.69) is 5.32 Å². The predicted octanol–water partition coefficient (Wildman–Crippen LogP) is 3.91. The third kappa shape index (κ3) is 3.20. The van der Waals surface area contributed by atoms with E-state index in [0.29, 0.717) is 17.8 Å². The van der Waals surface area contributed by atoms with Gasteiger partial charge < -0.3 is 5.32 Å². The van der Waals surface area contributed by atoms with Gasteiger partial charge in [0, 0.05) is 12.2 Å². The molecule has 2 aromatic carbocycles. The summed E-state index contributed by atoms with van der Waals surface area (Å²) in [4.78, 5) is 27.1. The van der Waals surface area contributed by atoms with Crippen LogP contribution in [0.5, 0.6) is 0 Å². The second-order valence-corrected chi connectivity index (χ2v) is 6.32. The van der Waals surface area contributed by atoms with E-state index in [-0.39, 0.29) is 11.8 Å². The third-order valence-electron chi connectivity index (χ3n) is 4.36. The molecule has 0 aliphatic carbocycles. The molecule has 25 heavy (non-hydrogen) atoms. The number of carbonyl (C=O) groups excluding carboxylic acids is 2. The minimum atomic E-state index is -0.259. The molecule has 0 saturated carbocycles. The smallest absolute Gasteiger partial charge is 0.278 e. The summed E-state index contributed by atoms with van der Waals surface area (Å²) in [6.07, 6.45) is 0.732. The van der Waals surface area contributed by atoms with Gasteiger partial charge in [-0.2, -0.15) is 0 Å². The standard InChI is InChI=1S/C21H22N2O2/c1-4-13-23-20(24)18(16-11-9-14(2)10-12-16)19(21(23)25)22-17-8-6-5-7-15(17)3/h5-12,22H,4,13H2,1-3H3. The molecule has 1 heterocycles. The molecule has 0 bridgehead atoms. The highest BCUT2D eigenvalue weighted by Crippen LogP contribution is 2.31. The predicted molar refractivity (Wildman–Crippen MR) is 99.9 cm³/mol. The van der Waals surface area contributed by atoms with Crippen molar-refractivity contribution in [2.24, 2.45) is 0 Å². The van der Waals surface area contributed by atoms with Crippen LogP contribution in [-0.2, 0) is 9.59 Å². The molecule has 0 fully saturated rings. The van der Waals surface area contributed by atoms with E-state index < -0.39 is 0 Å². The minimum Gasteiger partial charge on any atom is -0.350 e. The number of nitrogens with zero attached hydrogens (tertiary/aromatic N) is 1. The molecule has 0 saturated heterocycles. The van der Waals surface area contributed by atoms with Gasteiger partial charge in [0.05, 0.1) is 5.57 Å². The second-order valence-electron chi connectivity index (χ2n) is 6.32. The van der Waals surface area contributed by atoms with Crippen LogP contribution < -0.4 is 5.32 Å². The summed E-state index contributed by atoms with van der Waals surface area (Å²) in [7, 11) is 0. The van der Waals surface area contributed by atoms with E-state index in [1.807, 2.05) is 69.3 Å². The SMILES string of the molecule is CCCN1C(=O)C(Nc2ccccc2C)=C(c2ccc(C)cc2)C1=O. The molecule has 0 atom stereocenters. The maximum Gasteiger partial charge on any atom is 0.278 e. The Morgan fingerprint density at radius 2 is 1.60 bits per heavy atom. The molecular weight excluding hydrogens is 312 g/mol. The van der Waals surface area contributed by atoms with Gasteiger partial charge >= 0.3 is 0 Å². The highest BCUT2D eigenvalue weighted by atomic mass is 16.2. The molecular formula is C21H22N2O2. The van der Waals surface area contributed by atoms with Gasteiger partial charge in [-0.25, -0.2) is 0 Å². The first-order chi connectivity index (χ1) is 12.0. The Morgan fingerprint density at radius 3 is 2.24 bits per heavy atom. The molecule has 4 heteroatoms. The van der Waals surface area contributed by atoms with Crippen LogP contribution in [0.4, 0.5) is 5.69 Å². The van der Waals surface area contributed by atoms with Crippen molar-refractivity contribution in [3.8, 4) is 0 Å². The maximum absolute atomic E-state index is 12.9. The van der Waals surface area contributed by atoms with Crippen LogP contribution in [0.25, 0.3) is 5.57 Å². The summed E-state index contributed by atoms with van der Waals surface area (Å²) in [5.41, 5.74) is 4.53. The number of carbonyl (C=O) groups is 2. The van der Waals surface area contributed by atoms with Crippen LogP contribution in [-0.4, -0.2) is 23.3 Å². The van der Waals surface area contributed by atoms with Gasteiger partial charge in [0.1, 0.15) is 5.70 Å². The number of hydrogen-bond donors (Lipinski definition) is 1. The Morgan fingerprint density at radius 1 is 0.920 bits per heavy atom. The lowest BCUT2D eigenvalue weighted by Gasteiger charge is -2.14. The number of amides is 2. The molecule has 128 valence electrons. The summed E-state index contributed by atoms with van der Waals surface area (Å²) in [6.45, 7) is 6.35. The zero-order valence-corrected chi connectivity index (χ0v) is 14.8. The topological polar surface area (TPSA) is 49.4 Å². The van der Waals surface area contributed by atoms with Gasteiger partial charge in [-0.1, -0.05) is 55.0 Å². The molecule has 1 aliphatic heterocycles. The van der Waals surface area contributed by atoms with Gasteiger partial charge in [0.2, 0.25) is 0 Å². The molecule has 0 aromatic heterocycles. The number of benzene rings is 2. The monoisotopic (exact) mass is 334 g/mol. The largest absolute Gasteiger partial charge is 0.350 e. The minimum absolute atomic E-state index is 0.230. The summed E-state index contributed by atoms with van der Waals surface area (Å²) in [5, 5.41) is 3.21. The van der Waals surface area contributed by atoms with Crippen molar-refractivity contribution in [3.63, 3.8) is 0 Å². The number of nitrogens with one attached hydrogen (secondary N) is 1. The summed E-state index contributed by atoms with van der Waals surface area (Å²) in [5.74, 6) is -0.488. The molecule has 3 rings (SSSR count). The fourth-order valence-corrected chi connectivity index (χ4v) is 2.95. The van der Waals surface area contributed by atoms with Crippen LogP contribution in [0.3, 0.4) is 0 Å². The third-order valence-corrected chi connectivity index (χ3v) is 4.36. The highest BCUT2D eigenvalue weighted by molar-refractivity contribution is 6.36. The van der Waals surface area contributed by atoms with Crippen molar-refractivity contribution in [3.05, 3.63) is 70.9 Å². The van der Waals surface area contributed by atoms with Crippen LogP contribution in [0.15, 0.2) is 54.2 Å². The number of aryl methyl sites for hydroxylation is 2. The van der Waals surface area contributed by atoms with Gasteiger partial charge in [0.25, 0.3) is 11.8 Å². The Balaban J connectivity index is 2.09. The Bertz CT molecular complexity index is 850. The highest BCUT2D eigenvalue weighted by Gasteiger charge is 2.38. The van der Waals surface area contributed by atoms with Gasteiger partial charge in [-0.05, 0) is 37.5 Å². The summed E-state index contributed by atoms with van der Waals surface area (Å²) in [6, 6.07) is 15.4. The van der Waals surface area contributed by atoms with Crippen LogP contribution in [0.1, 0.15) is 30.0 Å². The fourth-order valence-electron chi connectivity index (χ4n) is 2.95. The molecule has 0 radical (unpaired) electrons. The maximum atomic E-state index is 12.9. The lowest BCUT2D eigenvalue weighted by molar-refractivity contribution is -0.136. The van der Waals surface area contributed by atoms with E-state index in [0.717, 1.165) is 28.8 Å². The van der Waals surface area contributed by atoms with Crippen molar-refractivity contribution < 1.29 is 9.59 Å². The van der Waals surface area contributed by atoms with Gasteiger partial charge in [-0.15, -0.1) is 0 Å². The van der Waals surface area contributed by atoms with E-state index in [9.17, 15) is 9.59 Å². The number of hydrogen-bond acceptors (Lipinski definition) is 3. The van der Waals surface area contributed by atoms with E-state index in [1.165, 1.54) is 4.90 Å². The number of rotatable bonds is 5. The number of imide groups is 1. The Hall–Kier alpha value is -2.88. The molecule has 4 nitrogen and oxygen atoms in total. The van der Waals surface area contributed by atoms with Gasteiger partial charge in [-0.3, -0.25) is 14.5 Å². The van der Waals surface area contributed by atoms with Crippen LogP contribution in [0.2, 0.25) is 0 Å². The summed E-state index contributed by atoms with van der Waals surface area (Å²) >= 11 is 0. The quantitative estimate of drug-likeness (QED) is 0.844. The first-order valence-electron chi connectivity index (χ1n) is 8.53. The van der Waals surface area contributed by atoms with E-state index >= 15 is 0 Å². The fraction of sp³-hybridized carbons (Fsp3) is 0.238. The van der Waals surface area contributed by atoms with Crippen molar-refractivity contribution >= 4 is 23.1 Å². The van der Waals surface area contributed by atoms with E-state index in [4.69, 9.17) is 0 Å². The summed E-state index contributed by atoms with van der Waals surface area (Å²) < 4.78 is 0. The molecule has 2 amide bonds. The average molecular weight is 334 g/mol. The van der Waals surface area contributed by atoms with E-state index in [1.54, 1.807) is 0 Å². The van der Waals surface area contributed by atoms with Crippen LogP contribution in [0, 0.1) is 13.8 Å². The molecule has 0 spiro atoms. The lowest BCUT2D eigenvalue weighted by atomic mass is 10.0. The van der Waals surface area contributed by atoms with Crippen molar-refractivity contribution in [2.45, 2.75) is 27.2 Å². The molecule has 0 unspecified atom stereocenters. The second kappa shape index (κ2) is 6.93. The Kier molecular flexibility index (Phi) is 4.70. The molecule has 1 N–H and O–H groups in total. The van der Waals surface area contributed by atoms with Crippen LogP contribution >= 0.6 is 0 Å². The first kappa shape index (κ1) is 17.0. The van der Waals surface area contributed by atoms with Crippen molar-refractivity contribution in [1.29, 1.82) is 0 Å². The van der Waals surface area contributed by atoms with Crippen molar-refractivity contribution in [1.82, 2.24) is 4.90 Å². The Labute approximate surface area is 148 Å². The number of para-hydroxylation sites is 1. The van der Waals surface area contributed by atoms with Gasteiger partial charge in [0.15, 0.2) is 0 Å². The zero-order valence-electron chi connectivity index (χ0n) is 14.8. The molecule has 1 aliphatic rings. The lowest BCUT2D eigenvalue weighted by Crippen LogP contribution is -2.33.